The molecule has 2 saturated heterocycles. The Morgan fingerprint density at radius 3 is 2.41 bits per heavy atom. The maximum absolute atomic E-state index is 13.5. The SMILES string of the molecule is C[C@@H]1CN(CCOC2CCC(N3C(=S)N(c4ccc(C#N)c(Cl)c4)C(=O)C3(C)C)CC2)C[C@H](C)N1CC(=O)O. The molecule has 1 saturated carbocycles. The lowest BCUT2D eigenvalue weighted by Gasteiger charge is -2.44. The number of hydrogen-bond acceptors (Lipinski definition) is 7. The maximum atomic E-state index is 13.5. The number of aliphatic carboxylic acids is 1. The number of anilines is 1. The summed E-state index contributed by atoms with van der Waals surface area (Å²) in [7, 11) is 0. The number of carboxylic acids is 1. The van der Waals surface area contributed by atoms with Crippen molar-refractivity contribution in [1.82, 2.24) is 14.7 Å². The highest BCUT2D eigenvalue weighted by atomic mass is 35.5. The first-order valence-corrected chi connectivity index (χ1v) is 14.4. The summed E-state index contributed by atoms with van der Waals surface area (Å²) in [5.74, 6) is -0.881. The van der Waals surface area contributed by atoms with Crippen molar-refractivity contribution < 1.29 is 19.4 Å². The van der Waals surface area contributed by atoms with Gasteiger partial charge in [0.1, 0.15) is 11.6 Å². The first-order chi connectivity index (χ1) is 18.4. The number of rotatable bonds is 8. The number of piperazine rings is 1. The fourth-order valence-electron chi connectivity index (χ4n) is 6.32. The molecule has 1 aromatic carbocycles. The van der Waals surface area contributed by atoms with Crippen LogP contribution in [-0.2, 0) is 14.3 Å². The lowest BCUT2D eigenvalue weighted by Crippen LogP contribution is -2.58. The molecule has 39 heavy (non-hydrogen) atoms. The molecule has 1 aromatic rings. The fraction of sp³-hybridized carbons (Fsp3) is 0.643. The highest BCUT2D eigenvalue weighted by molar-refractivity contribution is 7.80. The zero-order valence-electron chi connectivity index (χ0n) is 23.1. The van der Waals surface area contributed by atoms with E-state index in [-0.39, 0.29) is 36.7 Å². The minimum Gasteiger partial charge on any atom is -0.480 e. The molecule has 3 aliphatic rings. The number of thiocarbonyl (C=S) groups is 1. The molecule has 4 rings (SSSR count). The fourth-order valence-corrected chi connectivity index (χ4v) is 7.10. The Labute approximate surface area is 241 Å². The van der Waals surface area contributed by atoms with Gasteiger partial charge in [-0.25, -0.2) is 0 Å². The molecule has 2 aliphatic heterocycles. The molecule has 0 aromatic heterocycles. The van der Waals surface area contributed by atoms with E-state index in [0.717, 1.165) is 45.3 Å². The predicted octanol–water partition coefficient (Wildman–Crippen LogP) is 3.73. The third kappa shape index (κ3) is 6.23. The minimum absolute atomic E-state index is 0.0811. The third-order valence-electron chi connectivity index (χ3n) is 8.32. The van der Waals surface area contributed by atoms with Gasteiger partial charge in [0, 0.05) is 37.8 Å². The molecule has 212 valence electrons. The summed E-state index contributed by atoms with van der Waals surface area (Å²) in [6, 6.07) is 7.52. The van der Waals surface area contributed by atoms with Gasteiger partial charge in [-0.2, -0.15) is 5.26 Å². The van der Waals surface area contributed by atoms with Gasteiger partial charge in [-0.05, 0) is 83.8 Å². The van der Waals surface area contributed by atoms with E-state index in [4.69, 9.17) is 28.6 Å². The van der Waals surface area contributed by atoms with Gasteiger partial charge in [-0.15, -0.1) is 0 Å². The summed E-state index contributed by atoms with van der Waals surface area (Å²) in [6.45, 7) is 11.2. The summed E-state index contributed by atoms with van der Waals surface area (Å²) in [6.07, 6.45) is 3.73. The summed E-state index contributed by atoms with van der Waals surface area (Å²) in [5.41, 5.74) is 0.150. The second-order valence-electron chi connectivity index (χ2n) is 11.5. The van der Waals surface area contributed by atoms with Crippen molar-refractivity contribution in [1.29, 1.82) is 5.26 Å². The molecule has 11 heteroatoms. The van der Waals surface area contributed by atoms with Gasteiger partial charge in [0.15, 0.2) is 5.11 Å². The second kappa shape index (κ2) is 12.1. The van der Waals surface area contributed by atoms with Crippen LogP contribution in [0, 0.1) is 11.3 Å². The van der Waals surface area contributed by atoms with E-state index >= 15 is 0 Å². The van der Waals surface area contributed by atoms with E-state index in [2.05, 4.69) is 23.6 Å². The van der Waals surface area contributed by atoms with E-state index in [0.29, 0.717) is 28.0 Å². The van der Waals surface area contributed by atoms with Crippen LogP contribution >= 0.6 is 23.8 Å². The summed E-state index contributed by atoms with van der Waals surface area (Å²) in [5, 5.41) is 19.1. The lowest BCUT2D eigenvalue weighted by molar-refractivity contribution is -0.140. The third-order valence-corrected chi connectivity index (χ3v) is 9.01. The highest BCUT2D eigenvalue weighted by Crippen LogP contribution is 2.39. The molecule has 1 N–H and O–H groups in total. The molecule has 2 atom stereocenters. The van der Waals surface area contributed by atoms with Crippen molar-refractivity contribution >= 4 is 46.5 Å². The summed E-state index contributed by atoms with van der Waals surface area (Å²) in [4.78, 5) is 32.6. The van der Waals surface area contributed by atoms with Crippen LogP contribution in [-0.4, -0.2) is 99.3 Å². The highest BCUT2D eigenvalue weighted by Gasteiger charge is 2.52. The van der Waals surface area contributed by atoms with Crippen LogP contribution in [0.1, 0.15) is 58.9 Å². The zero-order chi connectivity index (χ0) is 28.5. The number of carbonyl (C=O) groups excluding carboxylic acids is 1. The van der Waals surface area contributed by atoms with Crippen molar-refractivity contribution in [3.8, 4) is 6.07 Å². The number of hydrogen-bond donors (Lipinski definition) is 1. The van der Waals surface area contributed by atoms with E-state index in [9.17, 15) is 20.0 Å². The van der Waals surface area contributed by atoms with Crippen LogP contribution < -0.4 is 4.90 Å². The van der Waals surface area contributed by atoms with Gasteiger partial charge in [0.25, 0.3) is 5.91 Å². The van der Waals surface area contributed by atoms with Crippen LogP contribution in [0.4, 0.5) is 5.69 Å². The van der Waals surface area contributed by atoms with Crippen molar-refractivity contribution in [2.24, 2.45) is 0 Å². The molecule has 0 unspecified atom stereocenters. The standard InChI is InChI=1S/C28H38ClN5O4S/c1-18-15-31(16-19(2)32(18)17-25(35)36)11-12-38-23-9-7-21(8-10-23)34-27(39)33(26(37)28(34,3)4)22-6-5-20(14-30)24(29)13-22/h5-6,13,18-19,21,23H,7-12,15-17H2,1-4H3,(H,35,36)/t18-,19+,21?,23?. The predicted molar refractivity (Wildman–Crippen MR) is 154 cm³/mol. The first-order valence-electron chi connectivity index (χ1n) is 13.6. The largest absolute Gasteiger partial charge is 0.480 e. The first kappa shape index (κ1) is 29.7. The van der Waals surface area contributed by atoms with Gasteiger partial charge in [-0.1, -0.05) is 11.6 Å². The molecule has 0 bridgehead atoms. The number of nitriles is 1. The number of carboxylic acid groups (broad SMARTS) is 1. The number of ether oxygens (including phenoxy) is 1. The van der Waals surface area contributed by atoms with Crippen molar-refractivity contribution in [3.63, 3.8) is 0 Å². The lowest BCUT2D eigenvalue weighted by atomic mass is 9.89. The average Bonchev–Trinajstić information content (AvgIpc) is 3.05. The average molecular weight is 576 g/mol. The summed E-state index contributed by atoms with van der Waals surface area (Å²) < 4.78 is 6.26. The van der Waals surface area contributed by atoms with Crippen LogP contribution in [0.2, 0.25) is 5.02 Å². The summed E-state index contributed by atoms with van der Waals surface area (Å²) >= 11 is 12.1. The van der Waals surface area contributed by atoms with Gasteiger partial charge in [0.05, 0.1) is 35.5 Å². The minimum atomic E-state index is -0.786. The molecule has 1 amide bonds. The number of benzene rings is 1. The van der Waals surface area contributed by atoms with Gasteiger partial charge >= 0.3 is 5.97 Å². The number of carbonyl (C=O) groups is 2. The normalized spacial score (nSPS) is 28.1. The van der Waals surface area contributed by atoms with E-state index in [1.165, 1.54) is 0 Å². The van der Waals surface area contributed by atoms with E-state index in [1.54, 1.807) is 23.1 Å². The molecule has 3 fully saturated rings. The Bertz CT molecular complexity index is 1140. The van der Waals surface area contributed by atoms with Gasteiger partial charge in [0.2, 0.25) is 0 Å². The van der Waals surface area contributed by atoms with Crippen LogP contribution in [0.3, 0.4) is 0 Å². The van der Waals surface area contributed by atoms with E-state index < -0.39 is 11.5 Å². The zero-order valence-corrected chi connectivity index (χ0v) is 24.7. The van der Waals surface area contributed by atoms with Crippen LogP contribution in [0.5, 0.6) is 0 Å². The molecule has 1 aliphatic carbocycles. The van der Waals surface area contributed by atoms with Crippen molar-refractivity contribution in [2.75, 3.05) is 37.7 Å². The van der Waals surface area contributed by atoms with Gasteiger partial charge < -0.3 is 14.7 Å². The molecule has 0 radical (unpaired) electrons. The Balaban J connectivity index is 1.29. The Hall–Kier alpha value is -2.29. The van der Waals surface area contributed by atoms with Gasteiger partial charge in [-0.3, -0.25) is 24.3 Å². The smallest absolute Gasteiger partial charge is 0.317 e. The van der Waals surface area contributed by atoms with Crippen LogP contribution in [0.15, 0.2) is 18.2 Å². The quantitative estimate of drug-likeness (QED) is 0.465. The molecule has 0 spiro atoms. The Kier molecular flexibility index (Phi) is 9.19. The monoisotopic (exact) mass is 575 g/mol. The van der Waals surface area contributed by atoms with Crippen LogP contribution in [0.25, 0.3) is 0 Å². The molecular formula is C28H38ClN5O4S. The second-order valence-corrected chi connectivity index (χ2v) is 12.2. The maximum Gasteiger partial charge on any atom is 0.317 e. The number of amides is 1. The Morgan fingerprint density at radius 2 is 1.85 bits per heavy atom. The van der Waals surface area contributed by atoms with Crippen molar-refractivity contribution in [2.45, 2.75) is 83.1 Å². The van der Waals surface area contributed by atoms with Crippen molar-refractivity contribution in [3.05, 3.63) is 28.8 Å². The topological polar surface area (TPSA) is 100 Å². The number of halogens is 1. The molecule has 9 nitrogen and oxygen atoms in total. The molecule has 2 heterocycles. The molecular weight excluding hydrogens is 538 g/mol. The number of nitrogens with zero attached hydrogens (tertiary/aromatic N) is 5. The Morgan fingerprint density at radius 1 is 1.21 bits per heavy atom. The van der Waals surface area contributed by atoms with E-state index in [1.807, 2.05) is 24.8 Å².